The van der Waals surface area contributed by atoms with Crippen molar-refractivity contribution in [3.63, 3.8) is 0 Å². The largest absolute Gasteiger partial charge is 0.481 e. The molecule has 0 saturated carbocycles. The van der Waals surface area contributed by atoms with E-state index in [1.807, 2.05) is 0 Å². The smallest absolute Gasteiger partial charge is 0.306 e. The van der Waals surface area contributed by atoms with Crippen molar-refractivity contribution >= 4 is 11.9 Å². The third-order valence-electron chi connectivity index (χ3n) is 10.8. The van der Waals surface area contributed by atoms with E-state index < -0.39 is 5.97 Å². The van der Waals surface area contributed by atoms with Gasteiger partial charge in [-0.05, 0) is 32.1 Å². The molecule has 1 atom stereocenters. The third-order valence-corrected chi connectivity index (χ3v) is 10.8. The number of carboxylic acid groups (broad SMARTS) is 1. The molecular formula is C46H90O4. The van der Waals surface area contributed by atoms with Crippen molar-refractivity contribution < 1.29 is 19.4 Å². The number of carbonyl (C=O) groups excluding carboxylic acids is 1. The van der Waals surface area contributed by atoms with Gasteiger partial charge in [-0.15, -0.1) is 0 Å². The summed E-state index contributed by atoms with van der Waals surface area (Å²) in [5, 5.41) is 8.67. The predicted molar refractivity (Wildman–Crippen MR) is 218 cm³/mol. The quantitative estimate of drug-likeness (QED) is 0.0506. The van der Waals surface area contributed by atoms with Crippen LogP contribution >= 0.6 is 0 Å². The summed E-state index contributed by atoms with van der Waals surface area (Å²) in [7, 11) is 0. The van der Waals surface area contributed by atoms with Crippen LogP contribution in [-0.4, -0.2) is 23.1 Å². The van der Waals surface area contributed by atoms with Gasteiger partial charge in [-0.3, -0.25) is 9.59 Å². The van der Waals surface area contributed by atoms with Crippen LogP contribution in [0.5, 0.6) is 0 Å². The maximum atomic E-state index is 12.5. The molecule has 0 bridgehead atoms. The van der Waals surface area contributed by atoms with Crippen LogP contribution in [0.25, 0.3) is 0 Å². The minimum absolute atomic E-state index is 0.0389. The minimum atomic E-state index is -0.662. The summed E-state index contributed by atoms with van der Waals surface area (Å²) >= 11 is 0. The number of esters is 1. The second-order valence-electron chi connectivity index (χ2n) is 16.0. The highest BCUT2D eigenvalue weighted by molar-refractivity contribution is 5.69. The van der Waals surface area contributed by atoms with Crippen LogP contribution < -0.4 is 0 Å². The van der Waals surface area contributed by atoms with E-state index in [0.29, 0.717) is 12.8 Å². The van der Waals surface area contributed by atoms with E-state index in [9.17, 15) is 9.59 Å². The molecule has 4 nitrogen and oxygen atoms in total. The van der Waals surface area contributed by atoms with E-state index in [0.717, 1.165) is 38.5 Å². The Hall–Kier alpha value is -1.06. The highest BCUT2D eigenvalue weighted by Gasteiger charge is 2.13. The number of carboxylic acids is 1. The Morgan fingerprint density at radius 1 is 0.360 bits per heavy atom. The average Bonchev–Trinajstić information content (AvgIpc) is 3.10. The van der Waals surface area contributed by atoms with Crippen molar-refractivity contribution in [3.05, 3.63) is 0 Å². The van der Waals surface area contributed by atoms with Gasteiger partial charge in [0.2, 0.25) is 0 Å². The zero-order valence-corrected chi connectivity index (χ0v) is 34.2. The number of ether oxygens (including phenoxy) is 1. The van der Waals surface area contributed by atoms with E-state index in [2.05, 4.69) is 13.8 Å². The molecule has 0 aromatic rings. The van der Waals surface area contributed by atoms with Gasteiger partial charge in [0.1, 0.15) is 6.10 Å². The molecule has 0 spiro atoms. The van der Waals surface area contributed by atoms with Crippen LogP contribution in [0.4, 0.5) is 0 Å². The van der Waals surface area contributed by atoms with E-state index in [1.54, 1.807) is 0 Å². The Morgan fingerprint density at radius 3 is 0.940 bits per heavy atom. The minimum Gasteiger partial charge on any atom is -0.481 e. The van der Waals surface area contributed by atoms with Crippen LogP contribution in [0, 0.1) is 0 Å². The summed E-state index contributed by atoms with van der Waals surface area (Å²) in [6, 6.07) is 0. The van der Waals surface area contributed by atoms with E-state index in [-0.39, 0.29) is 12.1 Å². The highest BCUT2D eigenvalue weighted by atomic mass is 16.5. The average molecular weight is 707 g/mol. The number of hydrogen-bond donors (Lipinski definition) is 1. The lowest BCUT2D eigenvalue weighted by atomic mass is 10.0. The summed E-state index contributed by atoms with van der Waals surface area (Å²) in [4.78, 5) is 23.0. The predicted octanol–water partition coefficient (Wildman–Crippen LogP) is 16.0. The maximum Gasteiger partial charge on any atom is 0.306 e. The molecule has 0 aliphatic carbocycles. The molecule has 0 radical (unpaired) electrons. The molecule has 0 saturated heterocycles. The van der Waals surface area contributed by atoms with Gasteiger partial charge in [0.05, 0.1) is 0 Å². The van der Waals surface area contributed by atoms with Crippen LogP contribution in [0.2, 0.25) is 0 Å². The fraction of sp³-hybridized carbons (Fsp3) is 0.957. The topological polar surface area (TPSA) is 63.6 Å². The lowest BCUT2D eigenvalue weighted by molar-refractivity contribution is -0.150. The van der Waals surface area contributed by atoms with Crippen molar-refractivity contribution in [2.24, 2.45) is 0 Å². The molecule has 50 heavy (non-hydrogen) atoms. The maximum absolute atomic E-state index is 12.5. The Labute approximate surface area is 313 Å². The van der Waals surface area contributed by atoms with Crippen LogP contribution in [0.3, 0.4) is 0 Å². The number of hydrogen-bond acceptors (Lipinski definition) is 3. The van der Waals surface area contributed by atoms with Gasteiger partial charge >= 0.3 is 11.9 Å². The Morgan fingerprint density at radius 2 is 0.640 bits per heavy atom. The zero-order valence-electron chi connectivity index (χ0n) is 34.2. The Kier molecular flexibility index (Phi) is 41.5. The second-order valence-corrected chi connectivity index (χ2v) is 16.0. The standard InChI is InChI=1S/C46H90O4/c1-3-5-6-7-8-9-10-11-12-13-14-15-16-17-21-24-27-30-33-36-39-43-46(49)50-44(40-4-2)41-37-34-31-28-25-22-19-18-20-23-26-29-32-35-38-42-45(47)48/h44H,3-43H2,1-2H3,(H,47,48). The van der Waals surface area contributed by atoms with Crippen molar-refractivity contribution in [2.75, 3.05) is 0 Å². The van der Waals surface area contributed by atoms with Crippen molar-refractivity contribution in [1.29, 1.82) is 0 Å². The first-order chi connectivity index (χ1) is 24.6. The van der Waals surface area contributed by atoms with Crippen LogP contribution in [0.15, 0.2) is 0 Å². The Bertz CT molecular complexity index is 677. The number of aliphatic carboxylic acids is 1. The Balaban J connectivity index is 3.44. The van der Waals surface area contributed by atoms with Gasteiger partial charge in [-0.1, -0.05) is 232 Å². The molecular weight excluding hydrogens is 617 g/mol. The van der Waals surface area contributed by atoms with Crippen molar-refractivity contribution in [2.45, 2.75) is 283 Å². The molecule has 298 valence electrons. The van der Waals surface area contributed by atoms with E-state index >= 15 is 0 Å². The molecule has 0 rings (SSSR count). The molecule has 0 fully saturated rings. The van der Waals surface area contributed by atoms with Gasteiger partial charge in [-0.2, -0.15) is 0 Å². The molecule has 0 aliphatic rings. The van der Waals surface area contributed by atoms with Gasteiger partial charge < -0.3 is 9.84 Å². The van der Waals surface area contributed by atoms with Gasteiger partial charge in [0, 0.05) is 12.8 Å². The molecule has 4 heteroatoms. The molecule has 0 aromatic carbocycles. The molecule has 1 unspecified atom stereocenters. The first kappa shape index (κ1) is 48.9. The normalized spacial score (nSPS) is 12.0. The number of carbonyl (C=O) groups is 2. The van der Waals surface area contributed by atoms with Gasteiger partial charge in [-0.25, -0.2) is 0 Å². The van der Waals surface area contributed by atoms with E-state index in [4.69, 9.17) is 9.84 Å². The van der Waals surface area contributed by atoms with E-state index in [1.165, 1.54) is 212 Å². The van der Waals surface area contributed by atoms with Crippen molar-refractivity contribution in [1.82, 2.24) is 0 Å². The first-order valence-electron chi connectivity index (χ1n) is 23.0. The summed E-state index contributed by atoms with van der Waals surface area (Å²) in [5.74, 6) is -0.623. The summed E-state index contributed by atoms with van der Waals surface area (Å²) < 4.78 is 5.91. The monoisotopic (exact) mass is 707 g/mol. The summed E-state index contributed by atoms with van der Waals surface area (Å²) in [5.41, 5.74) is 0. The third kappa shape index (κ3) is 41.4. The SMILES string of the molecule is CCCCCCCCCCCCCCCCCCCCCCCC(=O)OC(CCC)CCCCCCCCCCCCCCCCCC(=O)O. The lowest BCUT2D eigenvalue weighted by Gasteiger charge is -2.17. The van der Waals surface area contributed by atoms with Gasteiger partial charge in [0.15, 0.2) is 0 Å². The zero-order chi connectivity index (χ0) is 36.4. The van der Waals surface area contributed by atoms with Crippen LogP contribution in [-0.2, 0) is 14.3 Å². The molecule has 0 aromatic heterocycles. The van der Waals surface area contributed by atoms with Gasteiger partial charge in [0.25, 0.3) is 0 Å². The summed E-state index contributed by atoms with van der Waals surface area (Å²) in [6.45, 7) is 4.50. The molecule has 0 aliphatic heterocycles. The van der Waals surface area contributed by atoms with Crippen LogP contribution in [0.1, 0.15) is 277 Å². The fourth-order valence-electron chi connectivity index (χ4n) is 7.48. The first-order valence-corrected chi connectivity index (χ1v) is 23.0. The second kappa shape index (κ2) is 42.4. The number of rotatable bonds is 43. The highest BCUT2D eigenvalue weighted by Crippen LogP contribution is 2.19. The number of unbranched alkanes of at least 4 members (excludes halogenated alkanes) is 34. The lowest BCUT2D eigenvalue weighted by Crippen LogP contribution is -2.18. The van der Waals surface area contributed by atoms with Crippen molar-refractivity contribution in [3.8, 4) is 0 Å². The summed E-state index contributed by atoms with van der Waals surface area (Å²) in [6.07, 6.45) is 52.2. The fourth-order valence-corrected chi connectivity index (χ4v) is 7.48. The molecule has 0 heterocycles. The molecule has 0 amide bonds. The molecule has 1 N–H and O–H groups in total.